The van der Waals surface area contributed by atoms with Crippen LogP contribution in [0.1, 0.15) is 66.8 Å². The Bertz CT molecular complexity index is 500. The average molecular weight is 357 g/mol. The van der Waals surface area contributed by atoms with Crippen molar-refractivity contribution in [1.82, 2.24) is 0 Å². The van der Waals surface area contributed by atoms with Gasteiger partial charge in [0.2, 0.25) is 0 Å². The summed E-state index contributed by atoms with van der Waals surface area (Å²) < 4.78 is 10.5. The molecule has 0 aliphatic carbocycles. The predicted molar refractivity (Wildman–Crippen MR) is 103 cm³/mol. The Morgan fingerprint density at radius 1 is 1.08 bits per heavy atom. The van der Waals surface area contributed by atoms with Crippen LogP contribution in [0, 0.1) is 5.92 Å². The van der Waals surface area contributed by atoms with E-state index in [0.717, 1.165) is 6.42 Å². The summed E-state index contributed by atoms with van der Waals surface area (Å²) in [6, 6.07) is 6.49. The van der Waals surface area contributed by atoms with E-state index < -0.39 is 5.60 Å². The largest absolute Gasteiger partial charge is 0.490 e. The predicted octanol–water partition coefficient (Wildman–Crippen LogP) is 4.52. The van der Waals surface area contributed by atoms with Gasteiger partial charge in [0.05, 0.1) is 5.92 Å². The van der Waals surface area contributed by atoms with Crippen molar-refractivity contribution in [3.05, 3.63) is 29.8 Å². The second-order valence-electron chi connectivity index (χ2n) is 5.74. The van der Waals surface area contributed by atoms with E-state index in [2.05, 4.69) is 0 Å². The van der Waals surface area contributed by atoms with E-state index in [1.54, 1.807) is 24.3 Å². The Morgan fingerprint density at radius 3 is 2.04 bits per heavy atom. The van der Waals surface area contributed by atoms with Crippen LogP contribution in [-0.4, -0.2) is 35.7 Å². The summed E-state index contributed by atoms with van der Waals surface area (Å²) >= 11 is 0. The van der Waals surface area contributed by atoms with Gasteiger partial charge in [-0.05, 0) is 44.5 Å². The summed E-state index contributed by atoms with van der Waals surface area (Å²) in [7, 11) is 0. The van der Waals surface area contributed by atoms with Gasteiger partial charge in [-0.1, -0.05) is 36.1 Å². The zero-order chi connectivity index (χ0) is 16.8. The molecule has 5 nitrogen and oxygen atoms in total. The zero-order valence-electron chi connectivity index (χ0n) is 13.6. The first-order valence-electron chi connectivity index (χ1n) is 7.42. The fourth-order valence-electron chi connectivity index (χ4n) is 1.67. The number of hydrogen-bond donors (Lipinski definition) is 1. The number of Topliss-reactive ketones (excluding diaryl/α,β-unsaturated/α-hetero) is 1. The van der Waals surface area contributed by atoms with Crippen LogP contribution in [0.2, 0.25) is 0 Å². The molecule has 1 aromatic carbocycles. The Morgan fingerprint density at radius 2 is 1.60 bits per heavy atom. The lowest BCUT2D eigenvalue weighted by Crippen LogP contribution is -2.30. The first-order chi connectivity index (χ1) is 10.3. The molecule has 0 radical (unpaired) electrons. The van der Waals surface area contributed by atoms with Crippen LogP contribution in [0.25, 0.3) is 0 Å². The van der Waals surface area contributed by atoms with Gasteiger partial charge in [0.1, 0.15) is 24.6 Å². The molecule has 1 aromatic rings. The minimum atomic E-state index is -1.40. The SMILES string of the molecule is C.C.C.CCC(C)C(=O)OCCOc1ccc(C(=O)C(C)(C)O)cc1. The van der Waals surface area contributed by atoms with Gasteiger partial charge in [-0.3, -0.25) is 9.59 Å². The fraction of sp³-hybridized carbons (Fsp3) is 0.600. The molecule has 1 rings (SSSR count). The molecule has 0 amide bonds. The number of ether oxygens (including phenoxy) is 2. The van der Waals surface area contributed by atoms with E-state index in [9.17, 15) is 14.7 Å². The summed E-state index contributed by atoms with van der Waals surface area (Å²) in [4.78, 5) is 23.3. The Labute approximate surface area is 153 Å². The zero-order valence-corrected chi connectivity index (χ0v) is 13.6. The van der Waals surface area contributed by atoms with Crippen LogP contribution >= 0.6 is 0 Å². The Hall–Kier alpha value is -1.88. The van der Waals surface area contributed by atoms with Crippen molar-refractivity contribution >= 4 is 11.8 Å². The van der Waals surface area contributed by atoms with Crippen LogP contribution in [-0.2, 0) is 9.53 Å². The molecule has 0 saturated carbocycles. The summed E-state index contributed by atoms with van der Waals surface area (Å²) in [5.41, 5.74) is -0.977. The van der Waals surface area contributed by atoms with Gasteiger partial charge >= 0.3 is 5.97 Å². The van der Waals surface area contributed by atoms with E-state index in [4.69, 9.17) is 9.47 Å². The molecule has 0 spiro atoms. The highest BCUT2D eigenvalue weighted by molar-refractivity contribution is 6.01. The third-order valence-electron chi connectivity index (χ3n) is 3.28. The molecule has 0 saturated heterocycles. The molecule has 0 aliphatic heterocycles. The summed E-state index contributed by atoms with van der Waals surface area (Å²) in [5.74, 6) is -0.0993. The van der Waals surface area contributed by atoms with Crippen LogP contribution in [0.5, 0.6) is 5.75 Å². The van der Waals surface area contributed by atoms with Crippen molar-refractivity contribution in [2.45, 2.75) is 62.0 Å². The number of carbonyl (C=O) groups excluding carboxylic acids is 2. The van der Waals surface area contributed by atoms with Crippen molar-refractivity contribution in [3.63, 3.8) is 0 Å². The standard InChI is InChI=1S/C17H24O5.3CH4/c1-5-12(2)16(19)22-11-10-21-14-8-6-13(7-9-14)15(18)17(3,4)20;;;/h6-9,12,20H,5,10-11H2,1-4H3;3*1H4. The maximum atomic E-state index is 11.9. The van der Waals surface area contributed by atoms with Gasteiger partial charge in [-0.25, -0.2) is 0 Å². The van der Waals surface area contributed by atoms with Crippen molar-refractivity contribution in [1.29, 1.82) is 0 Å². The lowest BCUT2D eigenvalue weighted by Gasteiger charge is -2.15. The highest BCUT2D eigenvalue weighted by atomic mass is 16.6. The summed E-state index contributed by atoms with van der Waals surface area (Å²) in [5, 5.41) is 9.67. The molecular formula is C20H36O5. The van der Waals surface area contributed by atoms with E-state index in [1.165, 1.54) is 13.8 Å². The van der Waals surface area contributed by atoms with Crippen LogP contribution in [0.15, 0.2) is 24.3 Å². The molecule has 146 valence electrons. The maximum absolute atomic E-state index is 11.9. The molecule has 5 heteroatoms. The van der Waals surface area contributed by atoms with E-state index >= 15 is 0 Å². The summed E-state index contributed by atoms with van der Waals surface area (Å²) in [6.07, 6.45) is 0.746. The van der Waals surface area contributed by atoms with Crippen LogP contribution < -0.4 is 4.74 Å². The third kappa shape index (κ3) is 9.25. The van der Waals surface area contributed by atoms with Gasteiger partial charge in [0.25, 0.3) is 0 Å². The fourth-order valence-corrected chi connectivity index (χ4v) is 1.67. The number of carbonyl (C=O) groups is 2. The first-order valence-corrected chi connectivity index (χ1v) is 7.42. The second kappa shape index (κ2) is 12.5. The average Bonchev–Trinajstić information content (AvgIpc) is 2.49. The molecule has 1 N–H and O–H groups in total. The monoisotopic (exact) mass is 356 g/mol. The number of hydrogen-bond acceptors (Lipinski definition) is 5. The highest BCUT2D eigenvalue weighted by Crippen LogP contribution is 2.17. The van der Waals surface area contributed by atoms with Gasteiger partial charge in [0, 0.05) is 5.56 Å². The Kier molecular flexibility index (Phi) is 13.9. The number of ketones is 1. The number of esters is 1. The second-order valence-corrected chi connectivity index (χ2v) is 5.74. The number of benzene rings is 1. The van der Waals surface area contributed by atoms with Crippen LogP contribution in [0.4, 0.5) is 0 Å². The topological polar surface area (TPSA) is 72.8 Å². The normalized spacial score (nSPS) is 11.1. The molecule has 1 unspecified atom stereocenters. The van der Waals surface area contributed by atoms with E-state index in [0.29, 0.717) is 11.3 Å². The third-order valence-corrected chi connectivity index (χ3v) is 3.28. The molecule has 0 heterocycles. The molecule has 25 heavy (non-hydrogen) atoms. The highest BCUT2D eigenvalue weighted by Gasteiger charge is 2.24. The molecule has 0 bridgehead atoms. The number of aliphatic hydroxyl groups is 1. The molecule has 0 aliphatic rings. The van der Waals surface area contributed by atoms with E-state index in [1.807, 2.05) is 13.8 Å². The van der Waals surface area contributed by atoms with Crippen molar-refractivity contribution in [2.24, 2.45) is 5.92 Å². The maximum Gasteiger partial charge on any atom is 0.308 e. The lowest BCUT2D eigenvalue weighted by atomic mass is 9.97. The molecule has 1 atom stereocenters. The molecule has 0 fully saturated rings. The molecule has 0 aromatic heterocycles. The van der Waals surface area contributed by atoms with Gasteiger partial charge in [-0.2, -0.15) is 0 Å². The van der Waals surface area contributed by atoms with Gasteiger partial charge in [-0.15, -0.1) is 0 Å². The van der Waals surface area contributed by atoms with Crippen LogP contribution in [0.3, 0.4) is 0 Å². The Balaban J connectivity index is -0.00000161. The minimum Gasteiger partial charge on any atom is -0.490 e. The lowest BCUT2D eigenvalue weighted by molar-refractivity contribution is -0.148. The molecular weight excluding hydrogens is 320 g/mol. The van der Waals surface area contributed by atoms with E-state index in [-0.39, 0.29) is 53.2 Å². The van der Waals surface area contributed by atoms with Gasteiger partial charge in [0.15, 0.2) is 5.78 Å². The van der Waals surface area contributed by atoms with Crippen molar-refractivity contribution in [2.75, 3.05) is 13.2 Å². The van der Waals surface area contributed by atoms with Gasteiger partial charge < -0.3 is 14.6 Å². The smallest absolute Gasteiger partial charge is 0.308 e. The van der Waals surface area contributed by atoms with Crippen molar-refractivity contribution in [3.8, 4) is 5.75 Å². The van der Waals surface area contributed by atoms with Crippen molar-refractivity contribution < 1.29 is 24.2 Å². The minimum absolute atomic E-state index is 0. The quantitative estimate of drug-likeness (QED) is 0.421. The summed E-state index contributed by atoms with van der Waals surface area (Å²) in [6.45, 7) is 7.09. The number of rotatable bonds is 8. The first kappa shape index (κ1) is 27.9.